The normalized spacial score (nSPS) is 41.2. The number of likely N-dealkylation sites (tertiary alicyclic amines) is 1. The summed E-state index contributed by atoms with van der Waals surface area (Å²) in [6.45, 7) is 10.7. The molecule has 2 heteroatoms. The highest BCUT2D eigenvalue weighted by molar-refractivity contribution is 5.83. The second-order valence-corrected chi connectivity index (χ2v) is 5.60. The van der Waals surface area contributed by atoms with Gasteiger partial charge in [0.2, 0.25) is 5.91 Å². The van der Waals surface area contributed by atoms with Crippen LogP contribution in [0.4, 0.5) is 0 Å². The molecule has 1 aliphatic heterocycles. The molecule has 0 aromatic rings. The highest BCUT2D eigenvalue weighted by Gasteiger charge is 2.52. The Hall–Kier alpha value is -0.530. The van der Waals surface area contributed by atoms with E-state index in [1.165, 1.54) is 0 Å². The van der Waals surface area contributed by atoms with Crippen LogP contribution >= 0.6 is 0 Å². The van der Waals surface area contributed by atoms with Crippen molar-refractivity contribution in [2.45, 2.75) is 27.7 Å². The van der Waals surface area contributed by atoms with E-state index < -0.39 is 0 Å². The predicted octanol–water partition coefficient (Wildman–Crippen LogP) is 1.76. The van der Waals surface area contributed by atoms with E-state index in [9.17, 15) is 4.79 Å². The molecule has 0 N–H and O–H groups in total. The minimum absolute atomic E-state index is 0.344. The maximum absolute atomic E-state index is 11.8. The third-order valence-corrected chi connectivity index (χ3v) is 3.66. The molecule has 2 nitrogen and oxygen atoms in total. The van der Waals surface area contributed by atoms with E-state index in [1.54, 1.807) is 0 Å². The third-order valence-electron chi connectivity index (χ3n) is 3.66. The Morgan fingerprint density at radius 3 is 2.00 bits per heavy atom. The fourth-order valence-electron chi connectivity index (χ4n) is 2.47. The lowest BCUT2D eigenvalue weighted by Gasteiger charge is -2.46. The van der Waals surface area contributed by atoms with Crippen molar-refractivity contribution in [3.05, 3.63) is 0 Å². The van der Waals surface area contributed by atoms with Crippen LogP contribution in [0.25, 0.3) is 0 Å². The lowest BCUT2D eigenvalue weighted by atomic mass is 9.84. The summed E-state index contributed by atoms with van der Waals surface area (Å²) in [5, 5.41) is 0. The van der Waals surface area contributed by atoms with Crippen LogP contribution in [-0.2, 0) is 4.79 Å². The van der Waals surface area contributed by atoms with Crippen molar-refractivity contribution >= 4 is 5.91 Å². The van der Waals surface area contributed by atoms with E-state index in [4.69, 9.17) is 0 Å². The van der Waals surface area contributed by atoms with Gasteiger partial charge in [-0.25, -0.2) is 0 Å². The van der Waals surface area contributed by atoms with E-state index in [-0.39, 0.29) is 0 Å². The SMILES string of the molecule is CC1C(C)C1C(=O)N1CC(C)(C)C1. The molecule has 1 saturated carbocycles. The van der Waals surface area contributed by atoms with Crippen LogP contribution in [0, 0.1) is 23.2 Å². The second-order valence-electron chi connectivity index (χ2n) is 5.60. The maximum atomic E-state index is 11.8. The lowest BCUT2D eigenvalue weighted by Crippen LogP contribution is -2.56. The number of carbonyl (C=O) groups is 1. The van der Waals surface area contributed by atoms with E-state index in [0.717, 1.165) is 13.1 Å². The summed E-state index contributed by atoms with van der Waals surface area (Å²) in [4.78, 5) is 13.8. The van der Waals surface area contributed by atoms with Gasteiger partial charge >= 0.3 is 0 Å². The Morgan fingerprint density at radius 1 is 1.23 bits per heavy atom. The van der Waals surface area contributed by atoms with Gasteiger partial charge in [-0.05, 0) is 17.3 Å². The van der Waals surface area contributed by atoms with Gasteiger partial charge in [0.15, 0.2) is 0 Å². The van der Waals surface area contributed by atoms with Crippen molar-refractivity contribution in [1.82, 2.24) is 4.90 Å². The zero-order chi connectivity index (χ0) is 9.80. The molecule has 1 amide bonds. The fraction of sp³-hybridized carbons (Fsp3) is 0.909. The van der Waals surface area contributed by atoms with Crippen LogP contribution in [0.5, 0.6) is 0 Å². The number of hydrogen-bond donors (Lipinski definition) is 0. The molecule has 2 atom stereocenters. The van der Waals surface area contributed by atoms with Gasteiger partial charge < -0.3 is 4.90 Å². The van der Waals surface area contributed by atoms with Crippen molar-refractivity contribution in [3.63, 3.8) is 0 Å². The highest BCUT2D eigenvalue weighted by Crippen LogP contribution is 2.47. The summed E-state index contributed by atoms with van der Waals surface area (Å²) in [6.07, 6.45) is 0. The predicted molar refractivity (Wildman–Crippen MR) is 52.2 cm³/mol. The zero-order valence-corrected chi connectivity index (χ0v) is 9.00. The molecule has 1 aliphatic carbocycles. The van der Waals surface area contributed by atoms with Gasteiger partial charge in [-0.1, -0.05) is 27.7 Å². The molecular weight excluding hydrogens is 162 g/mol. The second kappa shape index (κ2) is 2.49. The molecule has 2 unspecified atom stereocenters. The van der Waals surface area contributed by atoms with Gasteiger partial charge in [-0.15, -0.1) is 0 Å². The lowest BCUT2D eigenvalue weighted by molar-refractivity contribution is -0.143. The van der Waals surface area contributed by atoms with Gasteiger partial charge in [0.05, 0.1) is 0 Å². The van der Waals surface area contributed by atoms with Crippen LogP contribution in [0.2, 0.25) is 0 Å². The Labute approximate surface area is 80.3 Å². The van der Waals surface area contributed by atoms with Gasteiger partial charge in [0, 0.05) is 19.0 Å². The third kappa shape index (κ3) is 1.36. The Bertz CT molecular complexity index is 230. The minimum atomic E-state index is 0.344. The van der Waals surface area contributed by atoms with E-state index >= 15 is 0 Å². The smallest absolute Gasteiger partial charge is 0.226 e. The maximum Gasteiger partial charge on any atom is 0.226 e. The standard InChI is InChI=1S/C11H19NO/c1-7-8(2)9(7)10(13)12-5-11(3,4)6-12/h7-9H,5-6H2,1-4H3. The monoisotopic (exact) mass is 181 g/mol. The first kappa shape index (κ1) is 9.04. The summed E-state index contributed by atoms with van der Waals surface area (Å²) in [6, 6.07) is 0. The fourth-order valence-corrected chi connectivity index (χ4v) is 2.47. The molecule has 0 bridgehead atoms. The van der Waals surface area contributed by atoms with Crippen molar-refractivity contribution in [1.29, 1.82) is 0 Å². The average Bonchev–Trinajstić information content (AvgIpc) is 2.54. The average molecular weight is 181 g/mol. The van der Waals surface area contributed by atoms with E-state index in [0.29, 0.717) is 29.1 Å². The first-order valence-corrected chi connectivity index (χ1v) is 5.21. The van der Waals surface area contributed by atoms with Crippen LogP contribution in [0.15, 0.2) is 0 Å². The molecule has 2 rings (SSSR count). The molecule has 0 spiro atoms. The van der Waals surface area contributed by atoms with Crippen LogP contribution in [0.1, 0.15) is 27.7 Å². The van der Waals surface area contributed by atoms with E-state index in [1.807, 2.05) is 4.90 Å². The number of rotatable bonds is 1. The molecule has 2 fully saturated rings. The van der Waals surface area contributed by atoms with Crippen LogP contribution in [-0.4, -0.2) is 23.9 Å². The largest absolute Gasteiger partial charge is 0.341 e. The quantitative estimate of drug-likeness (QED) is 0.603. The number of hydrogen-bond acceptors (Lipinski definition) is 1. The summed E-state index contributed by atoms with van der Waals surface area (Å²) < 4.78 is 0. The van der Waals surface area contributed by atoms with Crippen LogP contribution < -0.4 is 0 Å². The summed E-state index contributed by atoms with van der Waals surface area (Å²) in [5.41, 5.74) is 0.372. The Morgan fingerprint density at radius 2 is 1.69 bits per heavy atom. The van der Waals surface area contributed by atoms with Gasteiger partial charge in [-0.3, -0.25) is 4.79 Å². The Balaban J connectivity index is 1.88. The molecule has 0 aromatic carbocycles. The molecule has 0 aromatic heterocycles. The molecule has 1 saturated heterocycles. The minimum Gasteiger partial charge on any atom is -0.341 e. The van der Waals surface area contributed by atoms with Gasteiger partial charge in [0.25, 0.3) is 0 Å². The molecule has 74 valence electrons. The molecule has 0 radical (unpaired) electrons. The molecular formula is C11H19NO. The molecule has 1 heterocycles. The number of nitrogens with zero attached hydrogens (tertiary/aromatic N) is 1. The number of carbonyl (C=O) groups excluding carboxylic acids is 1. The first-order valence-electron chi connectivity index (χ1n) is 5.21. The van der Waals surface area contributed by atoms with Gasteiger partial charge in [0.1, 0.15) is 0 Å². The van der Waals surface area contributed by atoms with Crippen molar-refractivity contribution in [2.75, 3.05) is 13.1 Å². The van der Waals surface area contributed by atoms with Crippen molar-refractivity contribution in [2.24, 2.45) is 23.2 Å². The first-order chi connectivity index (χ1) is 5.92. The summed E-state index contributed by atoms with van der Waals surface area (Å²) in [5.74, 6) is 1.99. The molecule has 13 heavy (non-hydrogen) atoms. The Kier molecular flexibility index (Phi) is 1.73. The van der Waals surface area contributed by atoms with Crippen molar-refractivity contribution < 1.29 is 4.79 Å². The zero-order valence-electron chi connectivity index (χ0n) is 9.00. The van der Waals surface area contributed by atoms with Gasteiger partial charge in [-0.2, -0.15) is 0 Å². The van der Waals surface area contributed by atoms with Crippen molar-refractivity contribution in [3.8, 4) is 0 Å². The topological polar surface area (TPSA) is 20.3 Å². The summed E-state index contributed by atoms with van der Waals surface area (Å²) >= 11 is 0. The van der Waals surface area contributed by atoms with E-state index in [2.05, 4.69) is 27.7 Å². The van der Waals surface area contributed by atoms with Crippen LogP contribution in [0.3, 0.4) is 0 Å². The molecule has 2 aliphatic rings. The number of amides is 1. The highest BCUT2D eigenvalue weighted by atomic mass is 16.2. The summed E-state index contributed by atoms with van der Waals surface area (Å²) in [7, 11) is 0.